The lowest BCUT2D eigenvalue weighted by Crippen LogP contribution is -2.23. The first-order valence-corrected chi connectivity index (χ1v) is 7.99. The van der Waals surface area contributed by atoms with Crippen molar-refractivity contribution in [3.05, 3.63) is 69.6 Å². The zero-order valence-electron chi connectivity index (χ0n) is 13.9. The maximum absolute atomic E-state index is 12.1. The van der Waals surface area contributed by atoms with E-state index in [2.05, 4.69) is 19.1 Å². The summed E-state index contributed by atoms with van der Waals surface area (Å²) in [6.45, 7) is 6.57. The molecule has 0 saturated heterocycles. The molecule has 2 aromatic rings. The van der Waals surface area contributed by atoms with E-state index in [1.165, 1.54) is 5.56 Å². The van der Waals surface area contributed by atoms with Gasteiger partial charge in [-0.05, 0) is 25.8 Å². The van der Waals surface area contributed by atoms with Gasteiger partial charge in [-0.2, -0.15) is 0 Å². The lowest BCUT2D eigenvalue weighted by Gasteiger charge is -2.18. The van der Waals surface area contributed by atoms with E-state index < -0.39 is 5.97 Å². The number of pyridine rings is 1. The summed E-state index contributed by atoms with van der Waals surface area (Å²) in [4.78, 5) is 24.1. The van der Waals surface area contributed by atoms with Crippen molar-refractivity contribution in [2.75, 3.05) is 6.61 Å². The standard InChI is InChI=1S/C19H23NO3/c1-4-15(16-9-7-6-8-10-16)12-20-11-14(3)18(21)17(13-20)19(22)23-5-2/h6-11,13,15H,4-5,12H2,1-3H3/t15-/m1/s1. The second-order valence-corrected chi connectivity index (χ2v) is 5.62. The molecule has 1 aromatic heterocycles. The van der Waals surface area contributed by atoms with Crippen LogP contribution in [0, 0.1) is 6.92 Å². The summed E-state index contributed by atoms with van der Waals surface area (Å²) in [6.07, 6.45) is 4.39. The van der Waals surface area contributed by atoms with Crippen LogP contribution >= 0.6 is 0 Å². The highest BCUT2D eigenvalue weighted by atomic mass is 16.5. The predicted octanol–water partition coefficient (Wildman–Crippen LogP) is 3.53. The summed E-state index contributed by atoms with van der Waals surface area (Å²) >= 11 is 0. The Hall–Kier alpha value is -2.36. The van der Waals surface area contributed by atoms with Crippen molar-refractivity contribution in [3.8, 4) is 0 Å². The summed E-state index contributed by atoms with van der Waals surface area (Å²) in [5, 5.41) is 0. The fourth-order valence-corrected chi connectivity index (χ4v) is 2.69. The maximum atomic E-state index is 12.1. The zero-order valence-corrected chi connectivity index (χ0v) is 13.9. The maximum Gasteiger partial charge on any atom is 0.343 e. The number of carbonyl (C=O) groups is 1. The van der Waals surface area contributed by atoms with Crippen molar-refractivity contribution in [1.82, 2.24) is 4.57 Å². The van der Waals surface area contributed by atoms with Gasteiger partial charge >= 0.3 is 5.97 Å². The van der Waals surface area contributed by atoms with Gasteiger partial charge in [0.15, 0.2) is 5.43 Å². The van der Waals surface area contributed by atoms with Crippen LogP contribution in [0.2, 0.25) is 0 Å². The van der Waals surface area contributed by atoms with Crippen LogP contribution in [-0.2, 0) is 11.3 Å². The predicted molar refractivity (Wildman–Crippen MR) is 90.9 cm³/mol. The molecule has 1 heterocycles. The van der Waals surface area contributed by atoms with Crippen molar-refractivity contribution in [2.24, 2.45) is 0 Å². The van der Waals surface area contributed by atoms with Gasteiger partial charge in [0.1, 0.15) is 5.56 Å². The summed E-state index contributed by atoms with van der Waals surface area (Å²) < 4.78 is 6.90. The van der Waals surface area contributed by atoms with Crippen LogP contribution in [0.1, 0.15) is 47.7 Å². The van der Waals surface area contributed by atoms with Crippen LogP contribution in [-0.4, -0.2) is 17.1 Å². The third-order valence-electron chi connectivity index (χ3n) is 3.95. The first-order chi connectivity index (χ1) is 11.1. The number of ether oxygens (including phenoxy) is 1. The number of aromatic nitrogens is 1. The van der Waals surface area contributed by atoms with Crippen LogP contribution < -0.4 is 5.43 Å². The minimum Gasteiger partial charge on any atom is -0.462 e. The van der Waals surface area contributed by atoms with E-state index in [1.807, 2.05) is 22.8 Å². The molecule has 23 heavy (non-hydrogen) atoms. The van der Waals surface area contributed by atoms with Crippen LogP contribution in [0.5, 0.6) is 0 Å². The summed E-state index contributed by atoms with van der Waals surface area (Å²) in [5.41, 5.74) is 1.66. The average molecular weight is 313 g/mol. The highest BCUT2D eigenvalue weighted by Gasteiger charge is 2.16. The largest absolute Gasteiger partial charge is 0.462 e. The lowest BCUT2D eigenvalue weighted by atomic mass is 9.96. The Balaban J connectivity index is 2.32. The van der Waals surface area contributed by atoms with Gasteiger partial charge in [-0.1, -0.05) is 37.3 Å². The normalized spacial score (nSPS) is 12.0. The van der Waals surface area contributed by atoms with Gasteiger partial charge < -0.3 is 9.30 Å². The molecule has 0 spiro atoms. The molecule has 0 N–H and O–H groups in total. The molecule has 4 nitrogen and oxygen atoms in total. The molecule has 0 bridgehead atoms. The number of carbonyl (C=O) groups excluding carboxylic acids is 1. The number of nitrogens with zero attached hydrogens (tertiary/aromatic N) is 1. The van der Waals surface area contributed by atoms with Crippen molar-refractivity contribution < 1.29 is 9.53 Å². The Kier molecular flexibility index (Phi) is 5.74. The Labute approximate surface area is 136 Å². The van der Waals surface area contributed by atoms with Gasteiger partial charge in [0, 0.05) is 30.4 Å². The molecular formula is C19H23NO3. The zero-order chi connectivity index (χ0) is 16.8. The molecule has 0 aliphatic heterocycles. The van der Waals surface area contributed by atoms with Crippen molar-refractivity contribution >= 4 is 5.97 Å². The molecule has 1 atom stereocenters. The molecule has 0 fully saturated rings. The van der Waals surface area contributed by atoms with E-state index in [4.69, 9.17) is 4.74 Å². The summed E-state index contributed by atoms with van der Waals surface area (Å²) in [6, 6.07) is 10.3. The van der Waals surface area contributed by atoms with Crippen LogP contribution in [0.15, 0.2) is 47.5 Å². The fraction of sp³-hybridized carbons (Fsp3) is 0.368. The van der Waals surface area contributed by atoms with E-state index in [0.29, 0.717) is 18.0 Å². The van der Waals surface area contributed by atoms with Gasteiger partial charge in [0.2, 0.25) is 0 Å². The molecule has 0 aliphatic carbocycles. The van der Waals surface area contributed by atoms with Crippen molar-refractivity contribution in [1.29, 1.82) is 0 Å². The van der Waals surface area contributed by atoms with E-state index in [0.717, 1.165) is 6.42 Å². The number of hydrogen-bond acceptors (Lipinski definition) is 3. The quantitative estimate of drug-likeness (QED) is 0.767. The topological polar surface area (TPSA) is 48.3 Å². The lowest BCUT2D eigenvalue weighted by molar-refractivity contribution is 0.0523. The number of rotatable bonds is 6. The Morgan fingerprint density at radius 2 is 1.87 bits per heavy atom. The molecule has 2 rings (SSSR count). The summed E-state index contributed by atoms with van der Waals surface area (Å²) in [5.74, 6) is -0.226. The van der Waals surface area contributed by atoms with E-state index in [-0.39, 0.29) is 17.6 Å². The highest BCUT2D eigenvalue weighted by molar-refractivity contribution is 5.89. The monoisotopic (exact) mass is 313 g/mol. The Bertz CT molecular complexity index is 719. The SMILES string of the molecule is CCOC(=O)c1cn(C[C@@H](CC)c2ccccc2)cc(C)c1=O. The Morgan fingerprint density at radius 1 is 1.17 bits per heavy atom. The van der Waals surface area contributed by atoms with E-state index >= 15 is 0 Å². The number of esters is 1. The minimum atomic E-state index is -0.553. The molecular weight excluding hydrogens is 290 g/mol. The molecule has 4 heteroatoms. The molecule has 0 radical (unpaired) electrons. The second kappa shape index (κ2) is 7.77. The fourth-order valence-electron chi connectivity index (χ4n) is 2.69. The molecule has 1 aromatic carbocycles. The van der Waals surface area contributed by atoms with Crippen molar-refractivity contribution in [2.45, 2.75) is 39.7 Å². The number of aryl methyl sites for hydroxylation is 1. The first-order valence-electron chi connectivity index (χ1n) is 7.99. The smallest absolute Gasteiger partial charge is 0.343 e. The van der Waals surface area contributed by atoms with Gasteiger partial charge in [-0.15, -0.1) is 0 Å². The van der Waals surface area contributed by atoms with E-state index in [1.54, 1.807) is 26.2 Å². The number of hydrogen-bond donors (Lipinski definition) is 0. The first kappa shape index (κ1) is 17.0. The van der Waals surface area contributed by atoms with Crippen LogP contribution in [0.4, 0.5) is 0 Å². The Morgan fingerprint density at radius 3 is 2.48 bits per heavy atom. The molecule has 0 unspecified atom stereocenters. The number of benzene rings is 1. The highest BCUT2D eigenvalue weighted by Crippen LogP contribution is 2.21. The van der Waals surface area contributed by atoms with Crippen LogP contribution in [0.25, 0.3) is 0 Å². The average Bonchev–Trinajstić information content (AvgIpc) is 2.56. The molecule has 0 amide bonds. The van der Waals surface area contributed by atoms with Gasteiger partial charge in [-0.25, -0.2) is 4.79 Å². The van der Waals surface area contributed by atoms with Crippen molar-refractivity contribution in [3.63, 3.8) is 0 Å². The van der Waals surface area contributed by atoms with Gasteiger partial charge in [0.25, 0.3) is 0 Å². The summed E-state index contributed by atoms with van der Waals surface area (Å²) in [7, 11) is 0. The van der Waals surface area contributed by atoms with Gasteiger partial charge in [-0.3, -0.25) is 4.79 Å². The minimum absolute atomic E-state index is 0.106. The van der Waals surface area contributed by atoms with Gasteiger partial charge in [0.05, 0.1) is 6.61 Å². The molecule has 122 valence electrons. The third-order valence-corrected chi connectivity index (χ3v) is 3.95. The van der Waals surface area contributed by atoms with E-state index in [9.17, 15) is 9.59 Å². The molecule has 0 saturated carbocycles. The third kappa shape index (κ3) is 4.09. The second-order valence-electron chi connectivity index (χ2n) is 5.62. The molecule has 0 aliphatic rings. The van der Waals surface area contributed by atoms with Crippen LogP contribution in [0.3, 0.4) is 0 Å².